The summed E-state index contributed by atoms with van der Waals surface area (Å²) in [5.41, 5.74) is 8.27. The lowest BCUT2D eigenvalue weighted by molar-refractivity contribution is 0.228. The molecule has 4 heteroatoms. The minimum atomic E-state index is -0.795. The number of hydrogen-bond acceptors (Lipinski definition) is 2. The molecule has 1 aromatic heterocycles. The summed E-state index contributed by atoms with van der Waals surface area (Å²) in [6, 6.07) is -0.204. The Morgan fingerprint density at radius 1 is 1.43 bits per heavy atom. The lowest BCUT2D eigenvalue weighted by Gasteiger charge is -2.24. The van der Waals surface area contributed by atoms with Gasteiger partial charge < -0.3 is 10.3 Å². The number of nitrogens with two attached hydrogens (primary N) is 1. The van der Waals surface area contributed by atoms with E-state index in [1.807, 2.05) is 4.57 Å². The predicted molar refractivity (Wildman–Crippen MR) is 50.7 cm³/mol. The molecule has 14 heavy (non-hydrogen) atoms. The first-order valence-corrected chi connectivity index (χ1v) is 5.23. The van der Waals surface area contributed by atoms with Crippen molar-refractivity contribution in [1.29, 1.82) is 0 Å². The maximum absolute atomic E-state index is 13.3. The van der Waals surface area contributed by atoms with Crippen molar-refractivity contribution in [3.05, 3.63) is 17.2 Å². The molecule has 0 saturated heterocycles. The van der Waals surface area contributed by atoms with E-state index in [1.54, 1.807) is 0 Å². The number of fused-ring (bicyclic) bond motifs is 3. The van der Waals surface area contributed by atoms with Crippen molar-refractivity contribution in [2.24, 2.45) is 5.73 Å². The average Bonchev–Trinajstić information content (AvgIpc) is 2.65. The van der Waals surface area contributed by atoms with E-state index in [0.717, 1.165) is 30.8 Å². The number of imidazole rings is 1. The van der Waals surface area contributed by atoms with Crippen LogP contribution in [0.1, 0.15) is 36.1 Å². The van der Waals surface area contributed by atoms with Crippen molar-refractivity contribution < 1.29 is 4.39 Å². The summed E-state index contributed by atoms with van der Waals surface area (Å²) < 4.78 is 15.3. The Labute approximate surface area is 82.1 Å². The molecule has 0 bridgehead atoms. The lowest BCUT2D eigenvalue weighted by atomic mass is 10.1. The molecule has 1 aliphatic heterocycles. The Bertz CT molecular complexity index is 372. The monoisotopic (exact) mass is 195 g/mol. The van der Waals surface area contributed by atoms with E-state index in [1.165, 1.54) is 5.69 Å². The van der Waals surface area contributed by atoms with Gasteiger partial charge in [-0.25, -0.2) is 9.37 Å². The first-order chi connectivity index (χ1) is 6.75. The van der Waals surface area contributed by atoms with Gasteiger partial charge in [0.1, 0.15) is 12.0 Å². The maximum Gasteiger partial charge on any atom is 0.126 e. The summed E-state index contributed by atoms with van der Waals surface area (Å²) in [5.74, 6) is 0.906. The van der Waals surface area contributed by atoms with E-state index >= 15 is 0 Å². The molecule has 0 spiro atoms. The van der Waals surface area contributed by atoms with Crippen molar-refractivity contribution in [1.82, 2.24) is 9.55 Å². The lowest BCUT2D eigenvalue weighted by Crippen LogP contribution is -2.30. The number of hydrogen-bond donors (Lipinski definition) is 1. The first-order valence-electron chi connectivity index (χ1n) is 5.23. The summed E-state index contributed by atoms with van der Waals surface area (Å²) in [6.45, 7) is 0.464. The van der Waals surface area contributed by atoms with Gasteiger partial charge in [-0.2, -0.15) is 0 Å². The van der Waals surface area contributed by atoms with Crippen molar-refractivity contribution in [3.63, 3.8) is 0 Å². The van der Waals surface area contributed by atoms with Gasteiger partial charge in [0.05, 0.1) is 18.3 Å². The molecule has 2 N–H and O–H groups in total. The van der Waals surface area contributed by atoms with E-state index in [2.05, 4.69) is 4.98 Å². The van der Waals surface area contributed by atoms with Crippen LogP contribution in [0.3, 0.4) is 0 Å². The van der Waals surface area contributed by atoms with Crippen LogP contribution in [0.2, 0.25) is 0 Å². The molecule has 2 unspecified atom stereocenters. The van der Waals surface area contributed by atoms with Crippen LogP contribution in [0.5, 0.6) is 0 Å². The van der Waals surface area contributed by atoms with Gasteiger partial charge in [-0.3, -0.25) is 0 Å². The zero-order valence-corrected chi connectivity index (χ0v) is 8.04. The molecule has 0 radical (unpaired) electrons. The summed E-state index contributed by atoms with van der Waals surface area (Å²) in [6.07, 6.45) is 2.87. The molecule has 2 aliphatic rings. The van der Waals surface area contributed by atoms with Crippen LogP contribution < -0.4 is 5.73 Å². The van der Waals surface area contributed by atoms with Crippen LogP contribution in [0.25, 0.3) is 0 Å². The van der Waals surface area contributed by atoms with E-state index in [9.17, 15) is 4.39 Å². The Kier molecular flexibility index (Phi) is 1.68. The molecular formula is C10H14FN3. The third kappa shape index (κ3) is 1.03. The second-order valence-corrected chi connectivity index (χ2v) is 4.27. The van der Waals surface area contributed by atoms with Gasteiger partial charge in [-0.15, -0.1) is 0 Å². The summed E-state index contributed by atoms with van der Waals surface area (Å²) in [4.78, 5) is 4.52. The molecule has 0 saturated carbocycles. The Balaban J connectivity index is 2.10. The van der Waals surface area contributed by atoms with E-state index in [0.29, 0.717) is 13.0 Å². The van der Waals surface area contributed by atoms with Crippen LogP contribution in [0.15, 0.2) is 0 Å². The quantitative estimate of drug-likeness (QED) is 0.674. The van der Waals surface area contributed by atoms with Gasteiger partial charge in [0.2, 0.25) is 0 Å². The highest BCUT2D eigenvalue weighted by Crippen LogP contribution is 2.31. The molecule has 76 valence electrons. The number of rotatable bonds is 0. The molecule has 0 amide bonds. The molecule has 1 aromatic rings. The average molecular weight is 195 g/mol. The van der Waals surface area contributed by atoms with Crippen LogP contribution in [0, 0.1) is 0 Å². The second-order valence-electron chi connectivity index (χ2n) is 4.27. The maximum atomic E-state index is 13.3. The highest BCUT2D eigenvalue weighted by Gasteiger charge is 2.31. The molecule has 0 aromatic carbocycles. The minimum absolute atomic E-state index is 0.204. The van der Waals surface area contributed by atoms with Crippen LogP contribution >= 0.6 is 0 Å². The second kappa shape index (κ2) is 2.79. The third-order valence-electron chi connectivity index (χ3n) is 3.23. The summed E-state index contributed by atoms with van der Waals surface area (Å²) >= 11 is 0. The molecule has 2 atom stereocenters. The fraction of sp³-hybridized carbons (Fsp3) is 0.700. The van der Waals surface area contributed by atoms with E-state index in [-0.39, 0.29) is 6.04 Å². The van der Waals surface area contributed by atoms with Crippen molar-refractivity contribution >= 4 is 0 Å². The minimum Gasteiger partial charge on any atom is -0.328 e. The number of alkyl halides is 1. The van der Waals surface area contributed by atoms with Gasteiger partial charge in [-0.1, -0.05) is 0 Å². The van der Waals surface area contributed by atoms with Crippen LogP contribution in [0.4, 0.5) is 4.39 Å². The Morgan fingerprint density at radius 3 is 3.14 bits per heavy atom. The predicted octanol–water partition coefficient (Wildman–Crippen LogP) is 1.11. The number of nitrogens with zero attached hydrogens (tertiary/aromatic N) is 2. The number of aromatic nitrogens is 2. The highest BCUT2D eigenvalue weighted by atomic mass is 19.1. The zero-order chi connectivity index (χ0) is 9.71. The SMILES string of the molecule is NC1CC(F)Cn2c1nc1c2CCC1. The van der Waals surface area contributed by atoms with E-state index in [4.69, 9.17) is 5.73 Å². The number of aryl methyl sites for hydroxylation is 1. The topological polar surface area (TPSA) is 43.8 Å². The Morgan fingerprint density at radius 2 is 2.29 bits per heavy atom. The van der Waals surface area contributed by atoms with Gasteiger partial charge in [0.15, 0.2) is 0 Å². The van der Waals surface area contributed by atoms with Crippen LogP contribution in [-0.4, -0.2) is 15.7 Å². The van der Waals surface area contributed by atoms with Crippen molar-refractivity contribution in [2.45, 2.75) is 44.4 Å². The third-order valence-corrected chi connectivity index (χ3v) is 3.23. The standard InChI is InChI=1S/C10H14FN3/c11-6-4-7(12)10-13-8-2-1-3-9(8)14(10)5-6/h6-7H,1-5,12H2. The van der Waals surface area contributed by atoms with E-state index < -0.39 is 6.17 Å². The first kappa shape index (κ1) is 8.41. The van der Waals surface area contributed by atoms with Crippen molar-refractivity contribution in [3.8, 4) is 0 Å². The Hall–Kier alpha value is -0.900. The fourth-order valence-corrected chi connectivity index (χ4v) is 2.60. The summed E-state index contributed by atoms with van der Waals surface area (Å²) in [7, 11) is 0. The molecule has 0 fully saturated rings. The van der Waals surface area contributed by atoms with Crippen molar-refractivity contribution in [2.75, 3.05) is 0 Å². The largest absolute Gasteiger partial charge is 0.328 e. The van der Waals surface area contributed by atoms with Crippen LogP contribution in [-0.2, 0) is 19.4 Å². The van der Waals surface area contributed by atoms with Gasteiger partial charge in [-0.05, 0) is 19.3 Å². The molecule has 3 rings (SSSR count). The molecule has 2 heterocycles. The van der Waals surface area contributed by atoms with Gasteiger partial charge in [0, 0.05) is 12.1 Å². The highest BCUT2D eigenvalue weighted by molar-refractivity contribution is 5.24. The summed E-state index contributed by atoms with van der Waals surface area (Å²) in [5, 5.41) is 0. The molecule has 1 aliphatic carbocycles. The number of halogens is 1. The molecular weight excluding hydrogens is 181 g/mol. The van der Waals surface area contributed by atoms with Gasteiger partial charge >= 0.3 is 0 Å². The normalized spacial score (nSPS) is 30.1. The molecule has 3 nitrogen and oxygen atoms in total. The van der Waals surface area contributed by atoms with Gasteiger partial charge in [0.25, 0.3) is 0 Å². The zero-order valence-electron chi connectivity index (χ0n) is 8.04. The smallest absolute Gasteiger partial charge is 0.126 e. The fourth-order valence-electron chi connectivity index (χ4n) is 2.60.